The molecule has 0 bridgehead atoms. The van der Waals surface area contributed by atoms with Crippen LogP contribution in [0.15, 0.2) is 12.3 Å². The van der Waals surface area contributed by atoms with E-state index in [2.05, 4.69) is 56.9 Å². The molecule has 1 aromatic heterocycles. The van der Waals surface area contributed by atoms with Gasteiger partial charge in [-0.1, -0.05) is 39.3 Å². The molecule has 0 aliphatic carbocycles. The summed E-state index contributed by atoms with van der Waals surface area (Å²) in [6, 6.07) is 2.37. The number of nitrogens with one attached hydrogen (secondary N) is 1. The van der Waals surface area contributed by atoms with Crippen LogP contribution in [0.4, 0.5) is 5.82 Å². The van der Waals surface area contributed by atoms with E-state index < -0.39 is 0 Å². The Balaban J connectivity index is 2.82. The molecule has 20 heavy (non-hydrogen) atoms. The fourth-order valence-electron chi connectivity index (χ4n) is 2.00. The minimum Gasteiger partial charge on any atom is -0.355 e. The molecule has 0 aromatic carbocycles. The second kappa shape index (κ2) is 7.28. The van der Waals surface area contributed by atoms with Gasteiger partial charge in [-0.3, -0.25) is 0 Å². The van der Waals surface area contributed by atoms with E-state index in [4.69, 9.17) is 11.6 Å². The molecule has 0 spiro atoms. The quantitative estimate of drug-likeness (QED) is 0.801. The van der Waals surface area contributed by atoms with Crippen LogP contribution in [0.1, 0.15) is 46.6 Å². The van der Waals surface area contributed by atoms with Gasteiger partial charge < -0.3 is 10.2 Å². The normalized spacial score (nSPS) is 13.3. The van der Waals surface area contributed by atoms with Crippen LogP contribution in [-0.4, -0.2) is 24.6 Å². The lowest BCUT2D eigenvalue weighted by molar-refractivity contribution is 0.328. The summed E-state index contributed by atoms with van der Waals surface area (Å²) < 4.78 is 0. The molecule has 0 radical (unpaired) electrons. The van der Waals surface area contributed by atoms with E-state index in [-0.39, 0.29) is 5.41 Å². The molecule has 1 N–H and O–H groups in total. The maximum atomic E-state index is 6.40. The van der Waals surface area contributed by atoms with Gasteiger partial charge in [-0.2, -0.15) is 0 Å². The summed E-state index contributed by atoms with van der Waals surface area (Å²) in [7, 11) is 2.05. The first-order chi connectivity index (χ1) is 9.27. The zero-order chi connectivity index (χ0) is 15.3. The molecule has 114 valence electrons. The Kier molecular flexibility index (Phi) is 6.28. The molecule has 1 unspecified atom stereocenters. The average Bonchev–Trinajstić information content (AvgIpc) is 2.36. The highest BCUT2D eigenvalue weighted by Crippen LogP contribution is 2.30. The van der Waals surface area contributed by atoms with E-state index >= 15 is 0 Å². The minimum absolute atomic E-state index is 0.182. The van der Waals surface area contributed by atoms with Gasteiger partial charge in [-0.25, -0.2) is 4.98 Å². The zero-order valence-corrected chi connectivity index (χ0v) is 14.4. The van der Waals surface area contributed by atoms with Crippen molar-refractivity contribution < 1.29 is 0 Å². The first-order valence-corrected chi connectivity index (χ1v) is 7.73. The number of rotatable bonds is 6. The lowest BCUT2D eigenvalue weighted by atomic mass is 9.87. The Morgan fingerprint density at radius 2 is 2.05 bits per heavy atom. The molecule has 4 heteroatoms. The highest BCUT2D eigenvalue weighted by molar-refractivity contribution is 6.33. The number of anilines is 1. The van der Waals surface area contributed by atoms with Gasteiger partial charge in [-0.15, -0.1) is 0 Å². The van der Waals surface area contributed by atoms with Crippen molar-refractivity contribution in [3.63, 3.8) is 0 Å². The number of pyridine rings is 1. The van der Waals surface area contributed by atoms with Crippen molar-refractivity contribution in [2.24, 2.45) is 5.41 Å². The standard InChI is InChI=1S/C16H28ClN3/c1-7-8-18-10-13-9-14(17)15(19-11-13)20(6)12(2)16(3,4)5/h9,11-12,18H,7-8,10H2,1-6H3. The third-order valence-corrected chi connectivity index (χ3v) is 4.08. The topological polar surface area (TPSA) is 28.2 Å². The van der Waals surface area contributed by atoms with Gasteiger partial charge in [0.05, 0.1) is 5.02 Å². The van der Waals surface area contributed by atoms with Crippen molar-refractivity contribution in [3.8, 4) is 0 Å². The van der Waals surface area contributed by atoms with Crippen molar-refractivity contribution in [1.82, 2.24) is 10.3 Å². The molecule has 1 heterocycles. The summed E-state index contributed by atoms with van der Waals surface area (Å²) in [6.45, 7) is 12.9. The van der Waals surface area contributed by atoms with E-state index in [1.165, 1.54) is 0 Å². The Bertz CT molecular complexity index is 426. The van der Waals surface area contributed by atoms with Crippen LogP contribution in [0.3, 0.4) is 0 Å². The molecule has 0 aliphatic heterocycles. The van der Waals surface area contributed by atoms with Crippen LogP contribution >= 0.6 is 11.6 Å². The fraction of sp³-hybridized carbons (Fsp3) is 0.688. The van der Waals surface area contributed by atoms with Crippen molar-refractivity contribution in [3.05, 3.63) is 22.8 Å². The smallest absolute Gasteiger partial charge is 0.147 e. The Morgan fingerprint density at radius 1 is 1.40 bits per heavy atom. The van der Waals surface area contributed by atoms with E-state index in [0.29, 0.717) is 6.04 Å². The van der Waals surface area contributed by atoms with Gasteiger partial charge in [0.15, 0.2) is 0 Å². The van der Waals surface area contributed by atoms with Crippen LogP contribution < -0.4 is 10.2 Å². The molecule has 0 saturated carbocycles. The first kappa shape index (κ1) is 17.3. The fourth-order valence-corrected chi connectivity index (χ4v) is 2.32. The third-order valence-electron chi connectivity index (χ3n) is 3.80. The molecule has 0 amide bonds. The van der Waals surface area contributed by atoms with Gasteiger partial charge in [0.25, 0.3) is 0 Å². The second-order valence-corrected chi connectivity index (χ2v) is 6.89. The summed E-state index contributed by atoms with van der Waals surface area (Å²) >= 11 is 6.40. The lowest BCUT2D eigenvalue weighted by Crippen LogP contribution is -2.40. The number of aromatic nitrogens is 1. The van der Waals surface area contributed by atoms with Gasteiger partial charge >= 0.3 is 0 Å². The van der Waals surface area contributed by atoms with Crippen LogP contribution in [0.5, 0.6) is 0 Å². The Labute approximate surface area is 128 Å². The van der Waals surface area contributed by atoms with Gasteiger partial charge in [0.2, 0.25) is 0 Å². The number of nitrogens with zero attached hydrogens (tertiary/aromatic N) is 2. The van der Waals surface area contributed by atoms with Crippen molar-refractivity contribution >= 4 is 17.4 Å². The van der Waals surface area contributed by atoms with E-state index in [1.54, 1.807) is 0 Å². The molecule has 0 saturated heterocycles. The van der Waals surface area contributed by atoms with E-state index in [0.717, 1.165) is 35.9 Å². The molecule has 0 fully saturated rings. The highest BCUT2D eigenvalue weighted by atomic mass is 35.5. The van der Waals surface area contributed by atoms with Crippen molar-refractivity contribution in [2.45, 2.75) is 53.6 Å². The summed E-state index contributed by atoms with van der Waals surface area (Å²) in [6.07, 6.45) is 3.04. The molecule has 1 rings (SSSR count). The van der Waals surface area contributed by atoms with Crippen LogP contribution in [-0.2, 0) is 6.54 Å². The number of hydrogen-bond acceptors (Lipinski definition) is 3. The Morgan fingerprint density at radius 3 is 2.55 bits per heavy atom. The summed E-state index contributed by atoms with van der Waals surface area (Å²) in [5, 5.41) is 4.08. The molecule has 0 aliphatic rings. The largest absolute Gasteiger partial charge is 0.355 e. The summed E-state index contributed by atoms with van der Waals surface area (Å²) in [5.41, 5.74) is 1.31. The molecular formula is C16H28ClN3. The average molecular weight is 298 g/mol. The summed E-state index contributed by atoms with van der Waals surface area (Å²) in [5.74, 6) is 0.855. The Hall–Kier alpha value is -0.800. The van der Waals surface area contributed by atoms with E-state index in [1.807, 2.05) is 12.3 Å². The van der Waals surface area contributed by atoms with Crippen molar-refractivity contribution in [2.75, 3.05) is 18.5 Å². The lowest BCUT2D eigenvalue weighted by Gasteiger charge is -2.36. The summed E-state index contributed by atoms with van der Waals surface area (Å²) in [4.78, 5) is 6.70. The van der Waals surface area contributed by atoms with Gasteiger partial charge in [0.1, 0.15) is 5.82 Å². The second-order valence-electron chi connectivity index (χ2n) is 6.48. The molecule has 1 atom stereocenters. The van der Waals surface area contributed by atoms with Gasteiger partial charge in [-0.05, 0) is 36.9 Å². The first-order valence-electron chi connectivity index (χ1n) is 7.35. The number of halogens is 1. The zero-order valence-electron chi connectivity index (χ0n) is 13.6. The number of hydrogen-bond donors (Lipinski definition) is 1. The predicted octanol–water partition coefficient (Wildman–Crippen LogP) is 4.11. The molecular weight excluding hydrogens is 270 g/mol. The third kappa shape index (κ3) is 4.64. The van der Waals surface area contributed by atoms with Crippen molar-refractivity contribution in [1.29, 1.82) is 0 Å². The maximum absolute atomic E-state index is 6.40. The SMILES string of the molecule is CCCNCc1cnc(N(C)C(C)C(C)(C)C)c(Cl)c1. The minimum atomic E-state index is 0.182. The predicted molar refractivity (Wildman–Crippen MR) is 88.6 cm³/mol. The molecule has 3 nitrogen and oxygen atoms in total. The van der Waals surface area contributed by atoms with E-state index in [9.17, 15) is 0 Å². The van der Waals surface area contributed by atoms with Crippen LogP contribution in [0.25, 0.3) is 0 Å². The molecule has 1 aromatic rings. The van der Waals surface area contributed by atoms with Gasteiger partial charge in [0, 0.05) is 25.8 Å². The monoisotopic (exact) mass is 297 g/mol. The van der Waals surface area contributed by atoms with Crippen LogP contribution in [0, 0.1) is 5.41 Å². The maximum Gasteiger partial charge on any atom is 0.147 e. The van der Waals surface area contributed by atoms with Crippen LogP contribution in [0.2, 0.25) is 5.02 Å². The highest BCUT2D eigenvalue weighted by Gasteiger charge is 2.25.